The van der Waals surface area contributed by atoms with Crippen molar-refractivity contribution in [1.82, 2.24) is 9.97 Å². The van der Waals surface area contributed by atoms with E-state index in [0.717, 1.165) is 0 Å². The van der Waals surface area contributed by atoms with Crippen LogP contribution >= 0.6 is 27.5 Å². The Hall–Kier alpha value is -1.40. The molecule has 2 rings (SSSR count). The van der Waals surface area contributed by atoms with Gasteiger partial charge in [-0.2, -0.15) is 4.98 Å². The zero-order valence-electron chi connectivity index (χ0n) is 9.15. The minimum Gasteiger partial charge on any atom is -0.489 e. The van der Waals surface area contributed by atoms with Crippen LogP contribution in [0.15, 0.2) is 29.0 Å². The van der Waals surface area contributed by atoms with Gasteiger partial charge in [-0.25, -0.2) is 9.37 Å². The third-order valence-electron chi connectivity index (χ3n) is 2.03. The minimum atomic E-state index is -0.527. The first-order chi connectivity index (χ1) is 8.61. The molecule has 0 aliphatic rings. The molecule has 1 aromatic carbocycles. The van der Waals surface area contributed by atoms with Crippen LogP contribution in [0.2, 0.25) is 5.15 Å². The van der Waals surface area contributed by atoms with Crippen molar-refractivity contribution in [3.8, 4) is 17.4 Å². The molecule has 0 spiro atoms. The summed E-state index contributed by atoms with van der Waals surface area (Å²) in [5.74, 6) is -0.298. The lowest BCUT2D eigenvalue weighted by Gasteiger charge is -2.10. The molecule has 0 bridgehead atoms. The number of hydrogen-bond acceptors (Lipinski definition) is 4. The summed E-state index contributed by atoms with van der Waals surface area (Å²) < 4.78 is 24.5. The quantitative estimate of drug-likeness (QED) is 0.801. The molecule has 1 aromatic heterocycles. The molecule has 0 N–H and O–H groups in total. The predicted molar refractivity (Wildman–Crippen MR) is 67.8 cm³/mol. The Morgan fingerprint density at radius 2 is 2.11 bits per heavy atom. The molecule has 0 amide bonds. The first-order valence-corrected chi connectivity index (χ1v) is 5.96. The van der Waals surface area contributed by atoms with Crippen LogP contribution in [-0.4, -0.2) is 17.1 Å². The summed E-state index contributed by atoms with van der Waals surface area (Å²) in [5.41, 5.74) is 0. The lowest BCUT2D eigenvalue weighted by Crippen LogP contribution is -1.96. The maximum atomic E-state index is 13.6. The molecule has 0 saturated carbocycles. The third kappa shape index (κ3) is 2.70. The Balaban J connectivity index is 2.37. The fraction of sp³-hybridized carbons (Fsp3) is 0.0909. The Bertz CT molecular complexity index is 583. The van der Waals surface area contributed by atoms with Crippen LogP contribution in [0.4, 0.5) is 4.39 Å². The highest BCUT2D eigenvalue weighted by Crippen LogP contribution is 2.34. The lowest BCUT2D eigenvalue weighted by atomic mass is 10.3. The van der Waals surface area contributed by atoms with Crippen LogP contribution in [0.5, 0.6) is 17.4 Å². The van der Waals surface area contributed by atoms with Crippen molar-refractivity contribution >= 4 is 27.5 Å². The topological polar surface area (TPSA) is 44.2 Å². The molecule has 1 heterocycles. The van der Waals surface area contributed by atoms with Crippen LogP contribution in [0.3, 0.4) is 0 Å². The van der Waals surface area contributed by atoms with Gasteiger partial charge in [-0.15, -0.1) is 0 Å². The first-order valence-electron chi connectivity index (χ1n) is 4.79. The molecule has 7 heteroatoms. The Kier molecular flexibility index (Phi) is 3.98. The Morgan fingerprint density at radius 1 is 1.33 bits per heavy atom. The number of methoxy groups -OCH3 is 1. The standard InChI is InChI=1S/C11H7BrClFN2O2/c1-17-9-10(13)15-5-16-11(9)18-8-3-2-6(12)4-7(8)14/h2-5H,1H3. The summed E-state index contributed by atoms with van der Waals surface area (Å²) in [7, 11) is 1.40. The van der Waals surface area contributed by atoms with E-state index in [9.17, 15) is 4.39 Å². The Morgan fingerprint density at radius 3 is 2.78 bits per heavy atom. The van der Waals surface area contributed by atoms with Crippen molar-refractivity contribution in [1.29, 1.82) is 0 Å². The number of aromatic nitrogens is 2. The molecule has 0 aliphatic carbocycles. The van der Waals surface area contributed by atoms with E-state index in [4.69, 9.17) is 21.1 Å². The fourth-order valence-corrected chi connectivity index (χ4v) is 1.78. The van der Waals surface area contributed by atoms with Gasteiger partial charge in [-0.1, -0.05) is 27.5 Å². The molecule has 94 valence electrons. The zero-order chi connectivity index (χ0) is 13.1. The second-order valence-electron chi connectivity index (χ2n) is 3.18. The zero-order valence-corrected chi connectivity index (χ0v) is 11.5. The van der Waals surface area contributed by atoms with Crippen molar-refractivity contribution in [2.75, 3.05) is 7.11 Å². The van der Waals surface area contributed by atoms with E-state index in [1.54, 1.807) is 6.07 Å². The summed E-state index contributed by atoms with van der Waals surface area (Å²) in [5, 5.41) is 0.0972. The van der Waals surface area contributed by atoms with E-state index >= 15 is 0 Å². The highest BCUT2D eigenvalue weighted by atomic mass is 79.9. The summed E-state index contributed by atoms with van der Waals surface area (Å²) in [6, 6.07) is 4.40. The van der Waals surface area contributed by atoms with Gasteiger partial charge in [-0.05, 0) is 18.2 Å². The SMILES string of the molecule is COc1c(Cl)ncnc1Oc1ccc(Br)cc1F. The van der Waals surface area contributed by atoms with Crippen LogP contribution in [0.25, 0.3) is 0 Å². The molecule has 4 nitrogen and oxygen atoms in total. The highest BCUT2D eigenvalue weighted by Gasteiger charge is 2.14. The molecule has 0 saturated heterocycles. The second kappa shape index (κ2) is 5.49. The number of ether oxygens (including phenoxy) is 2. The van der Waals surface area contributed by atoms with Crippen LogP contribution < -0.4 is 9.47 Å². The average molecular weight is 334 g/mol. The van der Waals surface area contributed by atoms with Gasteiger partial charge in [0.25, 0.3) is 5.88 Å². The van der Waals surface area contributed by atoms with Crippen molar-refractivity contribution < 1.29 is 13.9 Å². The van der Waals surface area contributed by atoms with Gasteiger partial charge in [0.1, 0.15) is 6.33 Å². The van der Waals surface area contributed by atoms with Gasteiger partial charge >= 0.3 is 0 Å². The second-order valence-corrected chi connectivity index (χ2v) is 4.45. The van der Waals surface area contributed by atoms with Crippen molar-refractivity contribution in [2.24, 2.45) is 0 Å². The lowest BCUT2D eigenvalue weighted by molar-refractivity contribution is 0.359. The molecule has 2 aromatic rings. The van der Waals surface area contributed by atoms with E-state index < -0.39 is 5.82 Å². The summed E-state index contributed by atoms with van der Waals surface area (Å²) in [4.78, 5) is 7.58. The van der Waals surface area contributed by atoms with Gasteiger partial charge in [0.2, 0.25) is 5.75 Å². The molecule has 0 atom stereocenters. The van der Waals surface area contributed by atoms with Gasteiger partial charge < -0.3 is 9.47 Å². The minimum absolute atomic E-state index is 0.0197. The molecule has 0 radical (unpaired) electrons. The monoisotopic (exact) mass is 332 g/mol. The van der Waals surface area contributed by atoms with E-state index in [2.05, 4.69) is 25.9 Å². The van der Waals surface area contributed by atoms with Crippen LogP contribution in [-0.2, 0) is 0 Å². The van der Waals surface area contributed by atoms with Gasteiger partial charge in [0.15, 0.2) is 16.7 Å². The van der Waals surface area contributed by atoms with E-state index in [0.29, 0.717) is 4.47 Å². The maximum Gasteiger partial charge on any atom is 0.267 e. The fourth-order valence-electron chi connectivity index (χ4n) is 1.24. The normalized spacial score (nSPS) is 10.2. The summed E-state index contributed by atoms with van der Waals surface area (Å²) >= 11 is 8.96. The largest absolute Gasteiger partial charge is 0.489 e. The van der Waals surface area contributed by atoms with Crippen molar-refractivity contribution in [3.63, 3.8) is 0 Å². The number of benzene rings is 1. The van der Waals surface area contributed by atoms with Crippen molar-refractivity contribution in [2.45, 2.75) is 0 Å². The summed E-state index contributed by atoms with van der Waals surface area (Å²) in [6.45, 7) is 0. The van der Waals surface area contributed by atoms with Crippen LogP contribution in [0.1, 0.15) is 0 Å². The molecular weight excluding hydrogens is 326 g/mol. The molecule has 0 aliphatic heterocycles. The molecular formula is C11H7BrClFN2O2. The van der Waals surface area contributed by atoms with Gasteiger partial charge in [0, 0.05) is 4.47 Å². The first kappa shape index (κ1) is 13.0. The smallest absolute Gasteiger partial charge is 0.267 e. The van der Waals surface area contributed by atoms with E-state index in [1.165, 1.54) is 25.6 Å². The molecule has 0 unspecified atom stereocenters. The van der Waals surface area contributed by atoms with E-state index in [1.807, 2.05) is 0 Å². The number of rotatable bonds is 3. The van der Waals surface area contributed by atoms with Gasteiger partial charge in [0.05, 0.1) is 7.11 Å². The molecule has 18 heavy (non-hydrogen) atoms. The molecule has 0 fully saturated rings. The number of halogens is 3. The van der Waals surface area contributed by atoms with Crippen LogP contribution in [0, 0.1) is 5.82 Å². The number of nitrogens with zero attached hydrogens (tertiary/aromatic N) is 2. The Labute approximate surface area is 116 Å². The maximum absolute atomic E-state index is 13.6. The average Bonchev–Trinajstić information content (AvgIpc) is 2.33. The third-order valence-corrected chi connectivity index (χ3v) is 2.79. The number of hydrogen-bond donors (Lipinski definition) is 0. The van der Waals surface area contributed by atoms with Gasteiger partial charge in [-0.3, -0.25) is 0 Å². The summed E-state index contributed by atoms with van der Waals surface area (Å²) in [6.07, 6.45) is 1.21. The predicted octanol–water partition coefficient (Wildman–Crippen LogP) is 3.83. The van der Waals surface area contributed by atoms with Crippen molar-refractivity contribution in [3.05, 3.63) is 40.0 Å². The highest BCUT2D eigenvalue weighted by molar-refractivity contribution is 9.10. The van der Waals surface area contributed by atoms with E-state index in [-0.39, 0.29) is 22.5 Å².